The first-order valence-corrected chi connectivity index (χ1v) is 7.08. The molecule has 114 valence electrons. The number of amides is 2. The molecule has 1 aromatic rings. The maximum Gasteiger partial charge on any atom is 0.315 e. The van der Waals surface area contributed by atoms with Crippen LogP contribution in [-0.4, -0.2) is 23.7 Å². The SMILES string of the molecule is O=C(O)CCNC(=O)NC(c1ccc(F)cc1)C1CCC1. The third-order valence-corrected chi connectivity index (χ3v) is 3.76. The van der Waals surface area contributed by atoms with Crippen LogP contribution in [0.3, 0.4) is 0 Å². The third-order valence-electron chi connectivity index (χ3n) is 3.76. The molecule has 21 heavy (non-hydrogen) atoms. The molecule has 1 saturated carbocycles. The Morgan fingerprint density at radius 2 is 1.95 bits per heavy atom. The Hall–Kier alpha value is -2.11. The predicted molar refractivity (Wildman–Crippen MR) is 75.3 cm³/mol. The normalized spacial score (nSPS) is 15.9. The molecule has 2 rings (SSSR count). The van der Waals surface area contributed by atoms with E-state index in [1.54, 1.807) is 12.1 Å². The van der Waals surface area contributed by atoms with Gasteiger partial charge in [-0.15, -0.1) is 0 Å². The predicted octanol–water partition coefficient (Wildman–Crippen LogP) is 2.44. The third kappa shape index (κ3) is 4.44. The van der Waals surface area contributed by atoms with Gasteiger partial charge in [-0.05, 0) is 36.5 Å². The average molecular weight is 294 g/mol. The van der Waals surface area contributed by atoms with Gasteiger partial charge < -0.3 is 15.7 Å². The van der Waals surface area contributed by atoms with Crippen molar-refractivity contribution in [2.45, 2.75) is 31.7 Å². The fraction of sp³-hybridized carbons (Fsp3) is 0.467. The number of urea groups is 1. The number of carbonyl (C=O) groups is 2. The molecule has 1 aromatic carbocycles. The van der Waals surface area contributed by atoms with Crippen molar-refractivity contribution in [3.63, 3.8) is 0 Å². The van der Waals surface area contributed by atoms with E-state index in [0.29, 0.717) is 5.92 Å². The molecule has 6 heteroatoms. The molecule has 0 aromatic heterocycles. The Balaban J connectivity index is 1.95. The number of benzene rings is 1. The van der Waals surface area contributed by atoms with Crippen LogP contribution < -0.4 is 10.6 Å². The summed E-state index contributed by atoms with van der Waals surface area (Å²) in [4.78, 5) is 22.2. The van der Waals surface area contributed by atoms with Gasteiger partial charge >= 0.3 is 12.0 Å². The number of carboxylic acids is 1. The first-order chi connectivity index (χ1) is 10.1. The van der Waals surface area contributed by atoms with E-state index in [9.17, 15) is 14.0 Å². The molecular weight excluding hydrogens is 275 g/mol. The van der Waals surface area contributed by atoms with E-state index in [1.165, 1.54) is 12.1 Å². The molecule has 1 unspecified atom stereocenters. The summed E-state index contributed by atoms with van der Waals surface area (Å²) in [5.74, 6) is -0.915. The van der Waals surface area contributed by atoms with Crippen molar-refractivity contribution in [1.82, 2.24) is 10.6 Å². The van der Waals surface area contributed by atoms with Crippen molar-refractivity contribution in [1.29, 1.82) is 0 Å². The number of nitrogens with one attached hydrogen (secondary N) is 2. The zero-order valence-corrected chi connectivity index (χ0v) is 11.6. The van der Waals surface area contributed by atoms with Gasteiger partial charge in [-0.3, -0.25) is 4.79 Å². The summed E-state index contributed by atoms with van der Waals surface area (Å²) in [6.45, 7) is 0.0853. The zero-order valence-electron chi connectivity index (χ0n) is 11.6. The van der Waals surface area contributed by atoms with Crippen LogP contribution in [-0.2, 0) is 4.79 Å². The van der Waals surface area contributed by atoms with Crippen LogP contribution in [0.5, 0.6) is 0 Å². The quantitative estimate of drug-likeness (QED) is 0.754. The Kier molecular flexibility index (Phi) is 5.14. The van der Waals surface area contributed by atoms with Crippen molar-refractivity contribution in [2.24, 2.45) is 5.92 Å². The largest absolute Gasteiger partial charge is 0.481 e. The molecule has 0 aliphatic heterocycles. The monoisotopic (exact) mass is 294 g/mol. The molecule has 1 aliphatic rings. The number of halogens is 1. The van der Waals surface area contributed by atoms with Gasteiger partial charge in [0.25, 0.3) is 0 Å². The van der Waals surface area contributed by atoms with E-state index in [0.717, 1.165) is 24.8 Å². The second-order valence-corrected chi connectivity index (χ2v) is 5.26. The van der Waals surface area contributed by atoms with E-state index >= 15 is 0 Å². The minimum atomic E-state index is -0.954. The first kappa shape index (κ1) is 15.3. The van der Waals surface area contributed by atoms with E-state index < -0.39 is 12.0 Å². The molecule has 0 bridgehead atoms. The van der Waals surface area contributed by atoms with Crippen molar-refractivity contribution in [3.8, 4) is 0 Å². The Bertz CT molecular complexity index is 500. The van der Waals surface area contributed by atoms with Gasteiger partial charge in [0.05, 0.1) is 12.5 Å². The van der Waals surface area contributed by atoms with Crippen LogP contribution in [0.2, 0.25) is 0 Å². The number of carboxylic acid groups (broad SMARTS) is 1. The van der Waals surface area contributed by atoms with Gasteiger partial charge in [0, 0.05) is 6.54 Å². The Labute approximate surface area is 122 Å². The highest BCUT2D eigenvalue weighted by Gasteiger charge is 2.29. The molecule has 1 fully saturated rings. The van der Waals surface area contributed by atoms with Gasteiger partial charge in [0.1, 0.15) is 5.82 Å². The van der Waals surface area contributed by atoms with Crippen LogP contribution in [0.15, 0.2) is 24.3 Å². The fourth-order valence-corrected chi connectivity index (χ4v) is 2.39. The van der Waals surface area contributed by atoms with E-state index in [2.05, 4.69) is 10.6 Å². The van der Waals surface area contributed by atoms with Crippen LogP contribution in [0.25, 0.3) is 0 Å². The standard InChI is InChI=1S/C15H19FN2O3/c16-12-6-4-11(5-7-12)14(10-2-1-3-10)18-15(21)17-9-8-13(19)20/h4-7,10,14H,1-3,8-9H2,(H,19,20)(H2,17,18,21). The molecule has 0 heterocycles. The highest BCUT2D eigenvalue weighted by Crippen LogP contribution is 2.37. The molecule has 3 N–H and O–H groups in total. The second-order valence-electron chi connectivity index (χ2n) is 5.26. The lowest BCUT2D eigenvalue weighted by Gasteiger charge is -2.34. The van der Waals surface area contributed by atoms with Gasteiger partial charge in [0.15, 0.2) is 0 Å². The number of hydrogen-bond donors (Lipinski definition) is 3. The molecule has 5 nitrogen and oxygen atoms in total. The summed E-state index contributed by atoms with van der Waals surface area (Å²) in [5, 5.41) is 13.9. The molecule has 1 atom stereocenters. The zero-order chi connectivity index (χ0) is 15.2. The summed E-state index contributed by atoms with van der Waals surface area (Å²) in [7, 11) is 0. The smallest absolute Gasteiger partial charge is 0.315 e. The van der Waals surface area contributed by atoms with Crippen molar-refractivity contribution >= 4 is 12.0 Å². The maximum absolute atomic E-state index is 13.0. The number of aliphatic carboxylic acids is 1. The van der Waals surface area contributed by atoms with Gasteiger partial charge in [-0.25, -0.2) is 9.18 Å². The summed E-state index contributed by atoms with van der Waals surface area (Å²) in [5.41, 5.74) is 0.870. The van der Waals surface area contributed by atoms with Crippen LogP contribution in [0, 0.1) is 11.7 Å². The van der Waals surface area contributed by atoms with Gasteiger partial charge in [-0.2, -0.15) is 0 Å². The maximum atomic E-state index is 13.0. The fourth-order valence-electron chi connectivity index (χ4n) is 2.39. The molecular formula is C15H19FN2O3. The topological polar surface area (TPSA) is 78.4 Å². The van der Waals surface area contributed by atoms with Crippen molar-refractivity contribution < 1.29 is 19.1 Å². The van der Waals surface area contributed by atoms with E-state index in [4.69, 9.17) is 5.11 Å². The molecule has 1 aliphatic carbocycles. The lowest BCUT2D eigenvalue weighted by atomic mass is 9.77. The van der Waals surface area contributed by atoms with Crippen LogP contribution >= 0.6 is 0 Å². The number of rotatable bonds is 6. The molecule has 0 radical (unpaired) electrons. The van der Waals surface area contributed by atoms with Gasteiger partial charge in [0.2, 0.25) is 0 Å². The lowest BCUT2D eigenvalue weighted by Crippen LogP contribution is -2.42. The van der Waals surface area contributed by atoms with Crippen LogP contribution in [0.4, 0.5) is 9.18 Å². The highest BCUT2D eigenvalue weighted by molar-refractivity contribution is 5.75. The van der Waals surface area contributed by atoms with E-state index in [1.807, 2.05) is 0 Å². The summed E-state index contributed by atoms with van der Waals surface area (Å²) in [6.07, 6.45) is 3.07. The Morgan fingerprint density at radius 3 is 2.48 bits per heavy atom. The number of carbonyl (C=O) groups excluding carboxylic acids is 1. The summed E-state index contributed by atoms with van der Waals surface area (Å²) >= 11 is 0. The van der Waals surface area contributed by atoms with E-state index in [-0.39, 0.29) is 24.8 Å². The van der Waals surface area contributed by atoms with Crippen LogP contribution in [0.1, 0.15) is 37.3 Å². The lowest BCUT2D eigenvalue weighted by molar-refractivity contribution is -0.136. The Morgan fingerprint density at radius 1 is 1.29 bits per heavy atom. The molecule has 0 spiro atoms. The number of hydrogen-bond acceptors (Lipinski definition) is 2. The molecule has 0 saturated heterocycles. The average Bonchev–Trinajstić information content (AvgIpc) is 2.36. The van der Waals surface area contributed by atoms with Crippen molar-refractivity contribution in [2.75, 3.05) is 6.54 Å². The minimum absolute atomic E-state index is 0.0853. The summed E-state index contributed by atoms with van der Waals surface area (Å²) < 4.78 is 13.0. The first-order valence-electron chi connectivity index (χ1n) is 7.08. The van der Waals surface area contributed by atoms with Crippen molar-refractivity contribution in [3.05, 3.63) is 35.6 Å². The van der Waals surface area contributed by atoms with Gasteiger partial charge in [-0.1, -0.05) is 18.6 Å². The highest BCUT2D eigenvalue weighted by atomic mass is 19.1. The second kappa shape index (κ2) is 7.06. The molecule has 2 amide bonds. The minimum Gasteiger partial charge on any atom is -0.481 e. The summed E-state index contributed by atoms with van der Waals surface area (Å²) in [6, 6.07) is 5.56.